The molecule has 0 atom stereocenters. The molecule has 6 heteroatoms. The molecule has 0 saturated carbocycles. The van der Waals surface area contributed by atoms with E-state index in [0.29, 0.717) is 5.56 Å². The summed E-state index contributed by atoms with van der Waals surface area (Å²) in [5, 5.41) is 7.36. The smallest absolute Gasteiger partial charge is 0.129 e. The van der Waals surface area contributed by atoms with Gasteiger partial charge in [-0.25, -0.2) is 13.2 Å². The first-order valence-electron chi connectivity index (χ1n) is 5.67. The Labute approximate surface area is 113 Å². The Morgan fingerprint density at radius 3 is 2.25 bits per heavy atom. The van der Waals surface area contributed by atoms with Crippen molar-refractivity contribution in [2.75, 3.05) is 0 Å². The van der Waals surface area contributed by atoms with Crippen LogP contribution in [0.2, 0.25) is 0 Å². The van der Waals surface area contributed by atoms with Gasteiger partial charge in [0.05, 0.1) is 0 Å². The van der Waals surface area contributed by atoms with Gasteiger partial charge in [-0.3, -0.25) is 5.41 Å². The van der Waals surface area contributed by atoms with Gasteiger partial charge in [-0.05, 0) is 12.1 Å². The Kier molecular flexibility index (Phi) is 3.93. The second kappa shape index (κ2) is 5.64. The van der Waals surface area contributed by atoms with Crippen molar-refractivity contribution in [3.63, 3.8) is 0 Å². The standard InChI is InChI=1S/C14H11F3N2O/c15-9-2-1-8(13(6-9)14(18)19)7-20-12-4-10(16)3-11(17)5-12/h1-6H,7H2,(H3,18,19). The number of amidine groups is 1. The second-order valence-electron chi connectivity index (χ2n) is 4.11. The Morgan fingerprint density at radius 1 is 1.00 bits per heavy atom. The highest BCUT2D eigenvalue weighted by Crippen LogP contribution is 2.18. The number of hydrogen-bond acceptors (Lipinski definition) is 2. The average Bonchev–Trinajstić information content (AvgIpc) is 2.36. The predicted octanol–water partition coefficient (Wildman–Crippen LogP) is 2.97. The van der Waals surface area contributed by atoms with E-state index >= 15 is 0 Å². The van der Waals surface area contributed by atoms with Crippen LogP contribution in [0.25, 0.3) is 0 Å². The third-order valence-electron chi connectivity index (χ3n) is 2.59. The molecule has 0 unspecified atom stereocenters. The lowest BCUT2D eigenvalue weighted by atomic mass is 10.1. The maximum Gasteiger partial charge on any atom is 0.129 e. The molecule has 104 valence electrons. The van der Waals surface area contributed by atoms with Gasteiger partial charge in [0, 0.05) is 29.3 Å². The molecule has 0 bridgehead atoms. The van der Waals surface area contributed by atoms with E-state index in [-0.39, 0.29) is 23.8 Å². The van der Waals surface area contributed by atoms with Crippen molar-refractivity contribution in [2.45, 2.75) is 6.61 Å². The molecule has 3 nitrogen and oxygen atoms in total. The summed E-state index contributed by atoms with van der Waals surface area (Å²) >= 11 is 0. The van der Waals surface area contributed by atoms with Crippen LogP contribution in [0.4, 0.5) is 13.2 Å². The molecular formula is C14H11F3N2O. The summed E-state index contributed by atoms with van der Waals surface area (Å²) in [7, 11) is 0. The van der Waals surface area contributed by atoms with Gasteiger partial charge in [0.25, 0.3) is 0 Å². The summed E-state index contributed by atoms with van der Waals surface area (Å²) in [5.41, 5.74) is 5.97. The van der Waals surface area contributed by atoms with E-state index in [0.717, 1.165) is 24.3 Å². The van der Waals surface area contributed by atoms with Crippen molar-refractivity contribution in [3.05, 3.63) is 65.0 Å². The highest BCUT2D eigenvalue weighted by Gasteiger charge is 2.09. The van der Waals surface area contributed by atoms with E-state index in [2.05, 4.69) is 0 Å². The van der Waals surface area contributed by atoms with Crippen LogP contribution < -0.4 is 10.5 Å². The Morgan fingerprint density at radius 2 is 1.65 bits per heavy atom. The molecule has 0 fully saturated rings. The molecule has 0 saturated heterocycles. The molecule has 3 N–H and O–H groups in total. The molecule has 0 heterocycles. The number of hydrogen-bond donors (Lipinski definition) is 2. The van der Waals surface area contributed by atoms with Gasteiger partial charge < -0.3 is 10.5 Å². The number of rotatable bonds is 4. The lowest BCUT2D eigenvalue weighted by molar-refractivity contribution is 0.302. The van der Waals surface area contributed by atoms with Crippen molar-refractivity contribution < 1.29 is 17.9 Å². The van der Waals surface area contributed by atoms with Gasteiger partial charge in [0.2, 0.25) is 0 Å². The molecule has 0 spiro atoms. The minimum absolute atomic E-state index is 0.00123. The SMILES string of the molecule is N=C(N)c1cc(F)ccc1COc1cc(F)cc(F)c1. The number of ether oxygens (including phenoxy) is 1. The van der Waals surface area contributed by atoms with Crippen molar-refractivity contribution in [3.8, 4) is 5.75 Å². The first-order chi connectivity index (χ1) is 9.45. The molecule has 0 aliphatic carbocycles. The van der Waals surface area contributed by atoms with Crippen LogP contribution in [-0.4, -0.2) is 5.84 Å². The van der Waals surface area contributed by atoms with Gasteiger partial charge in [-0.1, -0.05) is 6.07 Å². The monoisotopic (exact) mass is 280 g/mol. The molecule has 0 aliphatic rings. The third kappa shape index (κ3) is 3.28. The number of nitrogens with one attached hydrogen (secondary N) is 1. The van der Waals surface area contributed by atoms with Crippen LogP contribution in [0.15, 0.2) is 36.4 Å². The summed E-state index contributed by atoms with van der Waals surface area (Å²) in [6, 6.07) is 6.48. The van der Waals surface area contributed by atoms with Gasteiger partial charge in [-0.2, -0.15) is 0 Å². The molecule has 0 radical (unpaired) electrons. The molecule has 2 aromatic rings. The van der Waals surface area contributed by atoms with Crippen LogP contribution >= 0.6 is 0 Å². The fraction of sp³-hybridized carbons (Fsp3) is 0.0714. The largest absolute Gasteiger partial charge is 0.489 e. The van der Waals surface area contributed by atoms with Crippen molar-refractivity contribution in [1.82, 2.24) is 0 Å². The van der Waals surface area contributed by atoms with E-state index in [1.807, 2.05) is 0 Å². The van der Waals surface area contributed by atoms with Crippen LogP contribution in [0.5, 0.6) is 5.75 Å². The highest BCUT2D eigenvalue weighted by molar-refractivity contribution is 5.96. The topological polar surface area (TPSA) is 59.1 Å². The van der Waals surface area contributed by atoms with Crippen LogP contribution in [0, 0.1) is 22.9 Å². The normalized spacial score (nSPS) is 10.3. The quantitative estimate of drug-likeness (QED) is 0.668. The highest BCUT2D eigenvalue weighted by atomic mass is 19.1. The lowest BCUT2D eigenvalue weighted by Gasteiger charge is -2.10. The first kappa shape index (κ1) is 13.9. The number of nitrogen functional groups attached to an aromatic ring is 1. The van der Waals surface area contributed by atoms with Crippen molar-refractivity contribution >= 4 is 5.84 Å². The van der Waals surface area contributed by atoms with Gasteiger partial charge in [0.15, 0.2) is 0 Å². The van der Waals surface area contributed by atoms with Gasteiger partial charge in [0.1, 0.15) is 35.6 Å². The minimum atomic E-state index is -0.758. The molecule has 0 aromatic heterocycles. The zero-order valence-corrected chi connectivity index (χ0v) is 10.3. The summed E-state index contributed by atoms with van der Waals surface area (Å²) in [6.07, 6.45) is 0. The number of halogens is 3. The van der Waals surface area contributed by atoms with Crippen molar-refractivity contribution in [1.29, 1.82) is 5.41 Å². The zero-order chi connectivity index (χ0) is 14.7. The molecule has 20 heavy (non-hydrogen) atoms. The number of nitrogens with two attached hydrogens (primary N) is 1. The Bertz CT molecular complexity index is 639. The molecule has 2 aromatic carbocycles. The van der Waals surface area contributed by atoms with Gasteiger partial charge >= 0.3 is 0 Å². The molecular weight excluding hydrogens is 269 g/mol. The minimum Gasteiger partial charge on any atom is -0.489 e. The lowest BCUT2D eigenvalue weighted by Crippen LogP contribution is -2.15. The van der Waals surface area contributed by atoms with Crippen LogP contribution in [-0.2, 0) is 6.61 Å². The first-order valence-corrected chi connectivity index (χ1v) is 5.67. The van der Waals surface area contributed by atoms with Crippen LogP contribution in [0.1, 0.15) is 11.1 Å². The van der Waals surface area contributed by atoms with E-state index in [1.54, 1.807) is 0 Å². The zero-order valence-electron chi connectivity index (χ0n) is 10.3. The maximum atomic E-state index is 13.1. The van der Waals surface area contributed by atoms with Gasteiger partial charge in [-0.15, -0.1) is 0 Å². The number of benzene rings is 2. The summed E-state index contributed by atoms with van der Waals surface area (Å²) < 4.78 is 44.3. The van der Waals surface area contributed by atoms with Crippen molar-refractivity contribution in [2.24, 2.45) is 5.73 Å². The molecule has 2 rings (SSSR count). The van der Waals surface area contributed by atoms with Crippen LogP contribution in [0.3, 0.4) is 0 Å². The summed E-state index contributed by atoms with van der Waals surface area (Å²) in [4.78, 5) is 0. The summed E-state index contributed by atoms with van der Waals surface area (Å²) in [6.45, 7) is -0.0852. The fourth-order valence-electron chi connectivity index (χ4n) is 1.70. The third-order valence-corrected chi connectivity index (χ3v) is 2.59. The molecule has 0 amide bonds. The molecule has 0 aliphatic heterocycles. The Hall–Kier alpha value is -2.50. The van der Waals surface area contributed by atoms with E-state index in [9.17, 15) is 13.2 Å². The predicted molar refractivity (Wildman–Crippen MR) is 68.1 cm³/mol. The maximum absolute atomic E-state index is 13.1. The summed E-state index contributed by atoms with van der Waals surface area (Å²) in [5.74, 6) is -2.36. The van der Waals surface area contributed by atoms with E-state index in [4.69, 9.17) is 15.9 Å². The fourth-order valence-corrected chi connectivity index (χ4v) is 1.70. The Balaban J connectivity index is 2.20. The van der Waals surface area contributed by atoms with E-state index < -0.39 is 17.5 Å². The second-order valence-corrected chi connectivity index (χ2v) is 4.11. The van der Waals surface area contributed by atoms with E-state index in [1.165, 1.54) is 12.1 Å². The average molecular weight is 280 g/mol.